The van der Waals surface area contributed by atoms with Crippen LogP contribution in [0.15, 0.2) is 47.4 Å². The molecule has 0 bridgehead atoms. The van der Waals surface area contributed by atoms with Crippen molar-refractivity contribution in [1.29, 1.82) is 0 Å². The van der Waals surface area contributed by atoms with Gasteiger partial charge in [-0.25, -0.2) is 4.98 Å². The van der Waals surface area contributed by atoms with Crippen LogP contribution in [0.1, 0.15) is 12.6 Å². The molecule has 2 aromatic rings. The lowest BCUT2D eigenvalue weighted by atomic mass is 10.3. The fourth-order valence-corrected chi connectivity index (χ4v) is 2.65. The smallest absolute Gasteiger partial charge is 0.282 e. The molecule has 5 nitrogen and oxygen atoms in total. The molecule has 104 valence electrons. The van der Waals surface area contributed by atoms with Crippen molar-refractivity contribution >= 4 is 23.3 Å². The van der Waals surface area contributed by atoms with Gasteiger partial charge in [0.1, 0.15) is 5.82 Å². The molecule has 1 N–H and O–H groups in total. The standard InChI is InChI=1S/C14H15N3O2S/c1-2-15-14-9-5-6-11(16-14)10-20-13-8-4-3-7-12(13)17(18)19/h3-9H,2,10H2,1H3,(H,15,16). The maximum absolute atomic E-state index is 10.9. The molecule has 6 heteroatoms. The van der Waals surface area contributed by atoms with E-state index in [1.165, 1.54) is 17.8 Å². The quantitative estimate of drug-likeness (QED) is 0.499. The number of aromatic nitrogens is 1. The van der Waals surface area contributed by atoms with E-state index in [1.54, 1.807) is 18.2 Å². The summed E-state index contributed by atoms with van der Waals surface area (Å²) in [6, 6.07) is 12.5. The van der Waals surface area contributed by atoms with Gasteiger partial charge in [0.15, 0.2) is 0 Å². The van der Waals surface area contributed by atoms with Gasteiger partial charge in [-0.15, -0.1) is 11.8 Å². The second-order valence-corrected chi connectivity index (χ2v) is 5.08. The number of anilines is 1. The summed E-state index contributed by atoms with van der Waals surface area (Å²) in [7, 11) is 0. The van der Waals surface area contributed by atoms with E-state index in [0.29, 0.717) is 10.6 Å². The van der Waals surface area contributed by atoms with Crippen LogP contribution in [0.4, 0.5) is 11.5 Å². The van der Waals surface area contributed by atoms with E-state index >= 15 is 0 Å². The number of benzene rings is 1. The molecule has 0 radical (unpaired) electrons. The van der Waals surface area contributed by atoms with Gasteiger partial charge in [-0.1, -0.05) is 18.2 Å². The van der Waals surface area contributed by atoms with E-state index in [1.807, 2.05) is 25.1 Å². The minimum Gasteiger partial charge on any atom is -0.370 e. The van der Waals surface area contributed by atoms with Crippen LogP contribution in [0, 0.1) is 10.1 Å². The van der Waals surface area contributed by atoms with E-state index in [4.69, 9.17) is 0 Å². The van der Waals surface area contributed by atoms with Gasteiger partial charge in [0.05, 0.1) is 15.5 Å². The Morgan fingerprint density at radius 1 is 1.25 bits per heavy atom. The fourth-order valence-electron chi connectivity index (χ4n) is 1.72. The molecule has 0 aliphatic rings. The number of pyridine rings is 1. The Morgan fingerprint density at radius 2 is 2.05 bits per heavy atom. The summed E-state index contributed by atoms with van der Waals surface area (Å²) in [6.07, 6.45) is 0. The Kier molecular flexibility index (Phi) is 4.95. The molecule has 1 heterocycles. The van der Waals surface area contributed by atoms with Crippen LogP contribution in [0.2, 0.25) is 0 Å². The number of nitro groups is 1. The molecule has 2 rings (SSSR count). The Labute approximate surface area is 121 Å². The molecule has 1 aromatic heterocycles. The molecule has 0 saturated heterocycles. The minimum atomic E-state index is -0.356. The lowest BCUT2D eigenvalue weighted by Gasteiger charge is -2.05. The third-order valence-electron chi connectivity index (χ3n) is 2.60. The number of para-hydroxylation sites is 1. The molecule has 0 aliphatic heterocycles. The van der Waals surface area contributed by atoms with Gasteiger partial charge in [0, 0.05) is 18.4 Å². The third-order valence-corrected chi connectivity index (χ3v) is 3.70. The second-order valence-electron chi connectivity index (χ2n) is 4.06. The van der Waals surface area contributed by atoms with Gasteiger partial charge in [0.25, 0.3) is 5.69 Å². The van der Waals surface area contributed by atoms with Crippen molar-refractivity contribution < 1.29 is 4.92 Å². The van der Waals surface area contributed by atoms with Crippen LogP contribution in [-0.4, -0.2) is 16.5 Å². The van der Waals surface area contributed by atoms with Crippen LogP contribution in [0.25, 0.3) is 0 Å². The predicted molar refractivity (Wildman–Crippen MR) is 81.1 cm³/mol. The van der Waals surface area contributed by atoms with E-state index in [-0.39, 0.29) is 10.6 Å². The topological polar surface area (TPSA) is 68.1 Å². The van der Waals surface area contributed by atoms with Crippen molar-refractivity contribution in [3.8, 4) is 0 Å². The zero-order valence-electron chi connectivity index (χ0n) is 11.1. The zero-order valence-corrected chi connectivity index (χ0v) is 11.9. The van der Waals surface area contributed by atoms with Crippen LogP contribution >= 0.6 is 11.8 Å². The molecule has 1 aromatic carbocycles. The van der Waals surface area contributed by atoms with Gasteiger partial charge < -0.3 is 5.32 Å². The molecule has 0 aliphatic carbocycles. The van der Waals surface area contributed by atoms with Gasteiger partial charge in [-0.2, -0.15) is 0 Å². The molecule has 0 unspecified atom stereocenters. The molecule has 20 heavy (non-hydrogen) atoms. The first-order valence-electron chi connectivity index (χ1n) is 6.26. The number of thioether (sulfide) groups is 1. The Bertz CT molecular complexity index is 604. The number of hydrogen-bond acceptors (Lipinski definition) is 5. The van der Waals surface area contributed by atoms with E-state index in [9.17, 15) is 10.1 Å². The molecule has 0 fully saturated rings. The number of nitrogens with zero attached hydrogens (tertiary/aromatic N) is 2. The first kappa shape index (κ1) is 14.3. The fraction of sp³-hybridized carbons (Fsp3) is 0.214. The summed E-state index contributed by atoms with van der Waals surface area (Å²) >= 11 is 1.42. The highest BCUT2D eigenvalue weighted by Gasteiger charge is 2.12. The summed E-state index contributed by atoms with van der Waals surface area (Å²) in [5.74, 6) is 1.43. The highest BCUT2D eigenvalue weighted by atomic mass is 32.2. The van der Waals surface area contributed by atoms with Crippen LogP contribution < -0.4 is 5.32 Å². The zero-order chi connectivity index (χ0) is 14.4. The molecule has 0 spiro atoms. The highest BCUT2D eigenvalue weighted by Crippen LogP contribution is 2.30. The highest BCUT2D eigenvalue weighted by molar-refractivity contribution is 7.98. The lowest BCUT2D eigenvalue weighted by Crippen LogP contribution is -2.00. The maximum atomic E-state index is 10.9. The van der Waals surface area contributed by atoms with Crippen LogP contribution in [-0.2, 0) is 5.75 Å². The Morgan fingerprint density at radius 3 is 2.80 bits per heavy atom. The number of nitrogens with one attached hydrogen (secondary N) is 1. The van der Waals surface area contributed by atoms with Crippen molar-refractivity contribution in [1.82, 2.24) is 4.98 Å². The van der Waals surface area contributed by atoms with Crippen LogP contribution in [0.5, 0.6) is 0 Å². The van der Waals surface area contributed by atoms with Gasteiger partial charge in [-0.3, -0.25) is 10.1 Å². The van der Waals surface area contributed by atoms with Gasteiger partial charge in [-0.05, 0) is 25.1 Å². The van der Waals surface area contributed by atoms with Gasteiger partial charge in [0.2, 0.25) is 0 Å². The first-order chi connectivity index (χ1) is 9.70. The second kappa shape index (κ2) is 6.91. The van der Waals surface area contributed by atoms with E-state index in [0.717, 1.165) is 18.1 Å². The largest absolute Gasteiger partial charge is 0.370 e. The lowest BCUT2D eigenvalue weighted by molar-refractivity contribution is -0.387. The SMILES string of the molecule is CCNc1cccc(CSc2ccccc2[N+](=O)[O-])n1. The summed E-state index contributed by atoms with van der Waals surface area (Å²) < 4.78 is 0. The van der Waals surface area contributed by atoms with Crippen molar-refractivity contribution in [3.63, 3.8) is 0 Å². The number of hydrogen-bond donors (Lipinski definition) is 1. The predicted octanol–water partition coefficient (Wildman–Crippen LogP) is 3.71. The molecule has 0 atom stereocenters. The van der Waals surface area contributed by atoms with E-state index in [2.05, 4.69) is 10.3 Å². The van der Waals surface area contributed by atoms with Crippen molar-refractivity contribution in [2.45, 2.75) is 17.6 Å². The van der Waals surface area contributed by atoms with Crippen molar-refractivity contribution in [2.24, 2.45) is 0 Å². The average molecular weight is 289 g/mol. The number of rotatable bonds is 6. The molecule has 0 amide bonds. The van der Waals surface area contributed by atoms with Crippen molar-refractivity contribution in [3.05, 3.63) is 58.3 Å². The van der Waals surface area contributed by atoms with Gasteiger partial charge >= 0.3 is 0 Å². The molecule has 0 saturated carbocycles. The summed E-state index contributed by atoms with van der Waals surface area (Å²) in [4.78, 5) is 15.7. The summed E-state index contributed by atoms with van der Waals surface area (Å²) in [6.45, 7) is 2.82. The maximum Gasteiger partial charge on any atom is 0.282 e. The summed E-state index contributed by atoms with van der Waals surface area (Å²) in [5.41, 5.74) is 1.03. The Balaban J connectivity index is 2.09. The van der Waals surface area contributed by atoms with Crippen molar-refractivity contribution in [2.75, 3.05) is 11.9 Å². The first-order valence-corrected chi connectivity index (χ1v) is 7.25. The third kappa shape index (κ3) is 3.71. The average Bonchev–Trinajstić information content (AvgIpc) is 2.46. The van der Waals surface area contributed by atoms with Crippen LogP contribution in [0.3, 0.4) is 0 Å². The van der Waals surface area contributed by atoms with E-state index < -0.39 is 0 Å². The normalized spacial score (nSPS) is 10.2. The summed E-state index contributed by atoms with van der Waals surface area (Å²) in [5, 5.41) is 14.1. The minimum absolute atomic E-state index is 0.139. The Hall–Kier alpha value is -2.08. The monoisotopic (exact) mass is 289 g/mol. The molecular weight excluding hydrogens is 274 g/mol. The number of nitro benzene ring substituents is 1. The molecular formula is C14H15N3O2S.